The summed E-state index contributed by atoms with van der Waals surface area (Å²) >= 11 is 0. The molecule has 0 aliphatic rings. The van der Waals surface area contributed by atoms with Crippen molar-refractivity contribution in [2.45, 2.75) is 46.2 Å². The summed E-state index contributed by atoms with van der Waals surface area (Å²) in [4.78, 5) is 0. The first-order valence-corrected chi connectivity index (χ1v) is 7.83. The zero-order valence-corrected chi connectivity index (χ0v) is 13.8. The molecular weight excluding hydrogens is 258 g/mol. The molecule has 0 saturated carbocycles. The standard InChI is InChI=1S/C19H27NO/c1-13(2)10-14(3)20-15(4)16-6-7-18-12-19(21-5)9-8-17(18)11-16/h6-9,11-15,20H,10H2,1-5H3. The summed E-state index contributed by atoms with van der Waals surface area (Å²) in [5.74, 6) is 1.63. The molecule has 0 spiro atoms. The minimum absolute atomic E-state index is 0.366. The van der Waals surface area contributed by atoms with E-state index in [0.29, 0.717) is 12.1 Å². The van der Waals surface area contributed by atoms with Gasteiger partial charge in [0.15, 0.2) is 0 Å². The molecule has 0 radical (unpaired) electrons. The van der Waals surface area contributed by atoms with E-state index < -0.39 is 0 Å². The lowest BCUT2D eigenvalue weighted by atomic mass is 10.00. The van der Waals surface area contributed by atoms with E-state index in [9.17, 15) is 0 Å². The van der Waals surface area contributed by atoms with Gasteiger partial charge in [0.1, 0.15) is 5.75 Å². The predicted molar refractivity (Wildman–Crippen MR) is 91.0 cm³/mol. The maximum absolute atomic E-state index is 5.28. The zero-order chi connectivity index (χ0) is 15.4. The molecule has 0 aliphatic carbocycles. The van der Waals surface area contributed by atoms with Gasteiger partial charge < -0.3 is 10.1 Å². The highest BCUT2D eigenvalue weighted by Crippen LogP contribution is 2.24. The molecule has 2 aromatic rings. The number of hydrogen-bond donors (Lipinski definition) is 1. The fraction of sp³-hybridized carbons (Fsp3) is 0.474. The monoisotopic (exact) mass is 285 g/mol. The molecular formula is C19H27NO. The van der Waals surface area contributed by atoms with Crippen LogP contribution in [0.4, 0.5) is 0 Å². The maximum atomic E-state index is 5.28. The Hall–Kier alpha value is -1.54. The van der Waals surface area contributed by atoms with Gasteiger partial charge in [-0.25, -0.2) is 0 Å². The highest BCUT2D eigenvalue weighted by atomic mass is 16.5. The summed E-state index contributed by atoms with van der Waals surface area (Å²) < 4.78 is 5.28. The molecule has 0 fully saturated rings. The van der Waals surface area contributed by atoms with Crippen LogP contribution in [0.2, 0.25) is 0 Å². The summed E-state index contributed by atoms with van der Waals surface area (Å²) in [5, 5.41) is 6.18. The Labute approximate surface area is 128 Å². The number of nitrogens with one attached hydrogen (secondary N) is 1. The number of fused-ring (bicyclic) bond motifs is 1. The predicted octanol–water partition coefficient (Wildman–Crippen LogP) is 4.93. The van der Waals surface area contributed by atoms with E-state index in [2.05, 4.69) is 63.3 Å². The molecule has 2 nitrogen and oxygen atoms in total. The molecule has 0 saturated heterocycles. The molecule has 0 aromatic heterocycles. The second-order valence-electron chi connectivity index (χ2n) is 6.39. The van der Waals surface area contributed by atoms with Gasteiger partial charge in [-0.05, 0) is 60.7 Å². The van der Waals surface area contributed by atoms with Crippen LogP contribution in [-0.2, 0) is 0 Å². The fourth-order valence-electron chi connectivity index (χ4n) is 2.94. The Bertz CT molecular complexity index is 591. The van der Waals surface area contributed by atoms with Gasteiger partial charge in [-0.1, -0.05) is 32.0 Å². The van der Waals surface area contributed by atoms with Crippen LogP contribution >= 0.6 is 0 Å². The van der Waals surface area contributed by atoms with Crippen molar-refractivity contribution in [3.63, 3.8) is 0 Å². The van der Waals surface area contributed by atoms with Gasteiger partial charge in [0, 0.05) is 12.1 Å². The average Bonchev–Trinajstić information content (AvgIpc) is 2.45. The van der Waals surface area contributed by atoms with Crippen molar-refractivity contribution in [2.75, 3.05) is 7.11 Å². The van der Waals surface area contributed by atoms with E-state index in [1.807, 2.05) is 6.07 Å². The highest BCUT2D eigenvalue weighted by molar-refractivity contribution is 5.84. The lowest BCUT2D eigenvalue weighted by Crippen LogP contribution is -2.30. The zero-order valence-electron chi connectivity index (χ0n) is 13.8. The van der Waals surface area contributed by atoms with Crippen molar-refractivity contribution < 1.29 is 4.74 Å². The smallest absolute Gasteiger partial charge is 0.119 e. The minimum Gasteiger partial charge on any atom is -0.497 e. The quantitative estimate of drug-likeness (QED) is 0.812. The topological polar surface area (TPSA) is 21.3 Å². The van der Waals surface area contributed by atoms with Gasteiger partial charge in [0.2, 0.25) is 0 Å². The van der Waals surface area contributed by atoms with Gasteiger partial charge in [0.05, 0.1) is 7.11 Å². The molecule has 2 atom stereocenters. The molecule has 2 aromatic carbocycles. The van der Waals surface area contributed by atoms with Crippen LogP contribution in [0.3, 0.4) is 0 Å². The van der Waals surface area contributed by atoms with Crippen LogP contribution in [0.15, 0.2) is 36.4 Å². The summed E-state index contributed by atoms with van der Waals surface area (Å²) in [6.45, 7) is 9.04. The normalized spacial score (nSPS) is 14.4. The first kappa shape index (κ1) is 15.8. The maximum Gasteiger partial charge on any atom is 0.119 e. The lowest BCUT2D eigenvalue weighted by molar-refractivity contribution is 0.407. The highest BCUT2D eigenvalue weighted by Gasteiger charge is 2.11. The third kappa shape index (κ3) is 4.21. The number of methoxy groups -OCH3 is 1. The summed E-state index contributed by atoms with van der Waals surface area (Å²) in [6.07, 6.45) is 1.20. The molecule has 1 N–H and O–H groups in total. The van der Waals surface area contributed by atoms with Crippen LogP contribution in [0.25, 0.3) is 10.8 Å². The van der Waals surface area contributed by atoms with E-state index >= 15 is 0 Å². The van der Waals surface area contributed by atoms with Gasteiger partial charge in [-0.2, -0.15) is 0 Å². The second kappa shape index (κ2) is 6.95. The summed E-state index contributed by atoms with van der Waals surface area (Å²) in [6, 6.07) is 13.8. The number of rotatable bonds is 6. The van der Waals surface area contributed by atoms with Gasteiger partial charge in [-0.3, -0.25) is 0 Å². The van der Waals surface area contributed by atoms with E-state index in [1.54, 1.807) is 7.11 Å². The Kier molecular flexibility index (Phi) is 5.24. The second-order valence-corrected chi connectivity index (χ2v) is 6.39. The molecule has 2 rings (SSSR count). The molecule has 114 valence electrons. The molecule has 2 unspecified atom stereocenters. The van der Waals surface area contributed by atoms with Crippen molar-refractivity contribution in [2.24, 2.45) is 5.92 Å². The van der Waals surface area contributed by atoms with Crippen LogP contribution < -0.4 is 10.1 Å². The first-order chi connectivity index (χ1) is 9.99. The van der Waals surface area contributed by atoms with Gasteiger partial charge >= 0.3 is 0 Å². The van der Waals surface area contributed by atoms with E-state index in [-0.39, 0.29) is 0 Å². The fourth-order valence-corrected chi connectivity index (χ4v) is 2.94. The molecule has 0 amide bonds. The Morgan fingerprint density at radius 2 is 1.62 bits per heavy atom. The average molecular weight is 285 g/mol. The van der Waals surface area contributed by atoms with Crippen molar-refractivity contribution >= 4 is 10.8 Å². The summed E-state index contributed by atoms with van der Waals surface area (Å²) in [5.41, 5.74) is 1.34. The van der Waals surface area contributed by atoms with E-state index in [1.165, 1.54) is 22.8 Å². The summed E-state index contributed by atoms with van der Waals surface area (Å²) in [7, 11) is 1.71. The van der Waals surface area contributed by atoms with Gasteiger partial charge in [-0.15, -0.1) is 0 Å². The first-order valence-electron chi connectivity index (χ1n) is 7.83. The van der Waals surface area contributed by atoms with Crippen molar-refractivity contribution in [1.82, 2.24) is 5.32 Å². The molecule has 0 heterocycles. The van der Waals surface area contributed by atoms with Crippen LogP contribution in [0.5, 0.6) is 5.75 Å². The number of hydrogen-bond acceptors (Lipinski definition) is 2. The lowest BCUT2D eigenvalue weighted by Gasteiger charge is -2.22. The number of benzene rings is 2. The van der Waals surface area contributed by atoms with Crippen molar-refractivity contribution in [3.8, 4) is 5.75 Å². The van der Waals surface area contributed by atoms with Crippen molar-refractivity contribution in [1.29, 1.82) is 0 Å². The SMILES string of the molecule is COc1ccc2cc(C(C)NC(C)CC(C)C)ccc2c1. The number of ether oxygens (including phenoxy) is 1. The largest absolute Gasteiger partial charge is 0.497 e. The third-order valence-electron chi connectivity index (χ3n) is 3.93. The Morgan fingerprint density at radius 1 is 0.952 bits per heavy atom. The molecule has 21 heavy (non-hydrogen) atoms. The van der Waals surface area contributed by atoms with Gasteiger partial charge in [0.25, 0.3) is 0 Å². The van der Waals surface area contributed by atoms with Crippen LogP contribution in [-0.4, -0.2) is 13.2 Å². The van der Waals surface area contributed by atoms with E-state index in [0.717, 1.165) is 11.7 Å². The van der Waals surface area contributed by atoms with Crippen molar-refractivity contribution in [3.05, 3.63) is 42.0 Å². The third-order valence-corrected chi connectivity index (χ3v) is 3.93. The molecule has 0 aliphatic heterocycles. The molecule has 0 bridgehead atoms. The van der Waals surface area contributed by atoms with Crippen LogP contribution in [0.1, 0.15) is 45.7 Å². The Balaban J connectivity index is 2.14. The Morgan fingerprint density at radius 3 is 2.29 bits per heavy atom. The van der Waals surface area contributed by atoms with E-state index in [4.69, 9.17) is 4.74 Å². The van der Waals surface area contributed by atoms with Crippen LogP contribution in [0, 0.1) is 5.92 Å². The minimum atomic E-state index is 0.366. The molecule has 2 heteroatoms.